The molecule has 1 aromatic heterocycles. The molecule has 3 aromatic carbocycles. The summed E-state index contributed by atoms with van der Waals surface area (Å²) in [5.74, 6) is -1.38. The van der Waals surface area contributed by atoms with E-state index in [1.165, 1.54) is 0 Å². The zero-order valence-electron chi connectivity index (χ0n) is 23.5. The summed E-state index contributed by atoms with van der Waals surface area (Å²) in [6.07, 6.45) is 1.05. The molecule has 3 aliphatic heterocycles. The lowest BCUT2D eigenvalue weighted by Gasteiger charge is -2.36. The third-order valence-corrected chi connectivity index (χ3v) is 8.99. The molecule has 43 heavy (non-hydrogen) atoms. The van der Waals surface area contributed by atoms with Gasteiger partial charge in [-0.3, -0.25) is 19.3 Å². The molecular formula is C33H30N4O6. The summed E-state index contributed by atoms with van der Waals surface area (Å²) < 4.78 is 5.36. The van der Waals surface area contributed by atoms with E-state index in [0.717, 1.165) is 32.6 Å². The molecular weight excluding hydrogens is 548 g/mol. The lowest BCUT2D eigenvalue weighted by Crippen LogP contribution is -2.44. The topological polar surface area (TPSA) is 123 Å². The van der Waals surface area contributed by atoms with Crippen LogP contribution < -0.4 is 9.64 Å². The van der Waals surface area contributed by atoms with Gasteiger partial charge in [-0.05, 0) is 54.3 Å². The molecule has 4 amide bonds. The Balaban J connectivity index is 1.28. The number of fused-ring (bicyclic) bond motifs is 4. The first-order chi connectivity index (χ1) is 20.9. The number of carbonyl (C=O) groups excluding carboxylic acids is 3. The van der Waals surface area contributed by atoms with E-state index in [9.17, 15) is 24.3 Å². The normalized spacial score (nSPS) is 20.3. The van der Waals surface area contributed by atoms with Gasteiger partial charge in [-0.1, -0.05) is 42.5 Å². The molecule has 0 unspecified atom stereocenters. The largest absolute Gasteiger partial charge is 0.497 e. The lowest BCUT2D eigenvalue weighted by molar-refractivity contribution is -0.143. The fourth-order valence-electron chi connectivity index (χ4n) is 6.78. The van der Waals surface area contributed by atoms with Crippen molar-refractivity contribution in [1.82, 2.24) is 14.8 Å². The number of imide groups is 1. The maximum absolute atomic E-state index is 14.4. The molecule has 10 nitrogen and oxygen atoms in total. The van der Waals surface area contributed by atoms with Crippen LogP contribution in [0.2, 0.25) is 0 Å². The van der Waals surface area contributed by atoms with Gasteiger partial charge >= 0.3 is 12.0 Å². The van der Waals surface area contributed by atoms with Crippen LogP contribution in [0.5, 0.6) is 5.75 Å². The van der Waals surface area contributed by atoms with Crippen LogP contribution in [0.25, 0.3) is 10.9 Å². The number of piperidine rings is 1. The monoisotopic (exact) mass is 578 g/mol. The molecule has 0 radical (unpaired) electrons. The van der Waals surface area contributed by atoms with Crippen molar-refractivity contribution >= 4 is 40.4 Å². The van der Waals surface area contributed by atoms with Crippen molar-refractivity contribution < 1.29 is 29.0 Å². The molecule has 2 N–H and O–H groups in total. The molecule has 7 rings (SSSR count). The predicted molar refractivity (Wildman–Crippen MR) is 158 cm³/mol. The molecule has 0 aliphatic carbocycles. The van der Waals surface area contributed by atoms with Crippen molar-refractivity contribution in [1.29, 1.82) is 0 Å². The number of aliphatic carboxylic acids is 1. The number of carbonyl (C=O) groups is 4. The molecule has 10 heteroatoms. The zero-order valence-corrected chi connectivity index (χ0v) is 23.5. The molecule has 2 atom stereocenters. The number of aromatic amines is 1. The number of hydrogen-bond donors (Lipinski definition) is 2. The first-order valence-corrected chi connectivity index (χ1v) is 14.4. The SMILES string of the molecule is COc1ccc([C@@H]2c3[nH]c4ccccc4c3C[C@H]3C(=O)N(c4ccccc4C(=O)N4CCC(C(=O)O)CC4)C(=O)N23)cc1. The van der Waals surface area contributed by atoms with Gasteiger partial charge < -0.3 is 19.7 Å². The Morgan fingerprint density at radius 2 is 1.63 bits per heavy atom. The number of urea groups is 1. The summed E-state index contributed by atoms with van der Waals surface area (Å²) in [7, 11) is 1.59. The number of aromatic nitrogens is 1. The number of H-pyrrole nitrogens is 1. The van der Waals surface area contributed by atoms with Gasteiger partial charge in [0.25, 0.3) is 11.8 Å². The second-order valence-corrected chi connectivity index (χ2v) is 11.2. The first-order valence-electron chi connectivity index (χ1n) is 14.4. The fourth-order valence-corrected chi connectivity index (χ4v) is 6.78. The number of nitrogens with zero attached hydrogens (tertiary/aromatic N) is 3. The first kappa shape index (κ1) is 26.8. The van der Waals surface area contributed by atoms with Crippen molar-refractivity contribution in [3.05, 3.63) is 95.2 Å². The summed E-state index contributed by atoms with van der Waals surface area (Å²) in [5.41, 5.74) is 4.09. The number of benzene rings is 3. The van der Waals surface area contributed by atoms with Gasteiger partial charge in [0.05, 0.1) is 24.3 Å². The zero-order chi connectivity index (χ0) is 29.8. The van der Waals surface area contributed by atoms with E-state index < -0.39 is 30.0 Å². The molecule has 2 fully saturated rings. The molecule has 2 saturated heterocycles. The second-order valence-electron chi connectivity index (χ2n) is 11.2. The third-order valence-electron chi connectivity index (χ3n) is 8.99. The van der Waals surface area contributed by atoms with Crippen LogP contribution in [0, 0.1) is 5.92 Å². The van der Waals surface area contributed by atoms with Gasteiger partial charge in [0.2, 0.25) is 0 Å². The molecule has 4 heterocycles. The Morgan fingerprint density at radius 3 is 2.35 bits per heavy atom. The van der Waals surface area contributed by atoms with Gasteiger partial charge in [-0.2, -0.15) is 0 Å². The lowest BCUT2D eigenvalue weighted by atomic mass is 9.89. The number of methoxy groups -OCH3 is 1. The summed E-state index contributed by atoms with van der Waals surface area (Å²) in [5, 5.41) is 10.4. The number of ether oxygens (including phenoxy) is 1. The van der Waals surface area contributed by atoms with Gasteiger partial charge in [0.15, 0.2) is 0 Å². The molecule has 0 saturated carbocycles. The molecule has 3 aliphatic rings. The van der Waals surface area contributed by atoms with Crippen LogP contribution in [0.4, 0.5) is 10.5 Å². The van der Waals surface area contributed by atoms with Crippen LogP contribution in [0.15, 0.2) is 72.8 Å². The van der Waals surface area contributed by atoms with Crippen LogP contribution in [0.1, 0.15) is 46.1 Å². The summed E-state index contributed by atoms with van der Waals surface area (Å²) in [6.45, 7) is 0.587. The highest BCUT2D eigenvalue weighted by Gasteiger charge is 2.53. The van der Waals surface area contributed by atoms with E-state index in [4.69, 9.17) is 4.74 Å². The average Bonchev–Trinajstić information content (AvgIpc) is 3.53. The van der Waals surface area contributed by atoms with E-state index in [-0.39, 0.29) is 23.1 Å². The summed E-state index contributed by atoms with van der Waals surface area (Å²) in [6, 6.07) is 20.2. The number of carboxylic acids is 1. The molecule has 218 valence electrons. The minimum Gasteiger partial charge on any atom is -0.497 e. The molecule has 0 bridgehead atoms. The van der Waals surface area contributed by atoms with Gasteiger partial charge in [-0.25, -0.2) is 9.69 Å². The standard InChI is InChI=1S/C33H30N4O6/c1-43-21-12-10-19(11-13-21)29-28-24(22-6-2-4-8-25(22)34-28)18-27-31(39)37(33(42)36(27)29)26-9-5-3-7-23(26)30(38)35-16-14-20(15-17-35)32(40)41/h2-13,20,27,29,34H,14-18H2,1H3,(H,40,41)/t27-,29+/m0/s1. The van der Waals surface area contributed by atoms with Crippen molar-refractivity contribution in [2.24, 2.45) is 5.92 Å². The second kappa shape index (κ2) is 10.3. The smallest absolute Gasteiger partial charge is 0.332 e. The highest BCUT2D eigenvalue weighted by atomic mass is 16.5. The van der Waals surface area contributed by atoms with E-state index in [0.29, 0.717) is 38.1 Å². The molecule has 4 aromatic rings. The van der Waals surface area contributed by atoms with Crippen LogP contribution >= 0.6 is 0 Å². The molecule has 0 spiro atoms. The van der Waals surface area contributed by atoms with Crippen LogP contribution in [-0.4, -0.2) is 69.9 Å². The Morgan fingerprint density at radius 1 is 0.930 bits per heavy atom. The van der Waals surface area contributed by atoms with Gasteiger partial charge in [0, 0.05) is 36.1 Å². The predicted octanol–water partition coefficient (Wildman–Crippen LogP) is 4.60. The highest BCUT2D eigenvalue weighted by Crippen LogP contribution is 2.45. The van der Waals surface area contributed by atoms with Crippen molar-refractivity contribution in [3.8, 4) is 5.75 Å². The quantitative estimate of drug-likeness (QED) is 0.334. The Hall–Kier alpha value is -5.12. The minimum atomic E-state index is -0.860. The fraction of sp³-hybridized carbons (Fsp3) is 0.273. The van der Waals surface area contributed by atoms with Gasteiger partial charge in [0.1, 0.15) is 17.8 Å². The third kappa shape index (κ3) is 4.24. The van der Waals surface area contributed by atoms with Crippen LogP contribution in [-0.2, 0) is 16.0 Å². The number of anilines is 1. The van der Waals surface area contributed by atoms with Crippen molar-refractivity contribution in [2.45, 2.75) is 31.3 Å². The van der Waals surface area contributed by atoms with E-state index in [1.54, 1.807) is 41.2 Å². The number of nitrogens with one attached hydrogen (secondary N) is 1. The van der Waals surface area contributed by atoms with Crippen molar-refractivity contribution in [2.75, 3.05) is 25.1 Å². The van der Waals surface area contributed by atoms with Crippen LogP contribution in [0.3, 0.4) is 0 Å². The van der Waals surface area contributed by atoms with Gasteiger partial charge in [-0.15, -0.1) is 0 Å². The summed E-state index contributed by atoms with van der Waals surface area (Å²) >= 11 is 0. The average molecular weight is 579 g/mol. The number of para-hydroxylation sites is 2. The van der Waals surface area contributed by atoms with E-state index in [1.807, 2.05) is 48.5 Å². The number of amides is 4. The number of carboxylic acid groups (broad SMARTS) is 1. The maximum atomic E-state index is 14.4. The Bertz CT molecular complexity index is 1770. The van der Waals surface area contributed by atoms with E-state index in [2.05, 4.69) is 4.98 Å². The number of rotatable bonds is 5. The number of hydrogen-bond acceptors (Lipinski definition) is 5. The van der Waals surface area contributed by atoms with E-state index >= 15 is 0 Å². The Labute approximate surface area is 247 Å². The number of likely N-dealkylation sites (tertiary alicyclic amines) is 1. The maximum Gasteiger partial charge on any atom is 0.332 e. The Kier molecular flexibility index (Phi) is 6.41. The highest BCUT2D eigenvalue weighted by molar-refractivity contribution is 6.24. The summed E-state index contributed by atoms with van der Waals surface area (Å²) in [4.78, 5) is 61.6. The minimum absolute atomic E-state index is 0.235. The van der Waals surface area contributed by atoms with Crippen molar-refractivity contribution in [3.63, 3.8) is 0 Å².